The van der Waals surface area contributed by atoms with Gasteiger partial charge in [-0.15, -0.1) is 0 Å². The lowest BCUT2D eigenvalue weighted by atomic mass is 10.1. The third-order valence-electron chi connectivity index (χ3n) is 5.06. The number of carbonyl (C=O) groups is 6. The zero-order chi connectivity index (χ0) is 29.4. The molecule has 1 aromatic carbocycles. The SMILES string of the molecule is CC(C)CNCC(=O)NCC(=O)N(C(=O)CNCC(C)C)C(C(=O)O)C(=O)CNC(=O)OCc1ccccc1. The third-order valence-corrected chi connectivity index (χ3v) is 5.06. The summed E-state index contributed by atoms with van der Waals surface area (Å²) in [4.78, 5) is 75.1. The van der Waals surface area contributed by atoms with Gasteiger partial charge in [0.1, 0.15) is 6.61 Å². The Labute approximate surface area is 228 Å². The van der Waals surface area contributed by atoms with E-state index in [9.17, 15) is 33.9 Å². The van der Waals surface area contributed by atoms with E-state index >= 15 is 0 Å². The maximum atomic E-state index is 12.9. The molecule has 0 fully saturated rings. The molecule has 1 aromatic rings. The minimum Gasteiger partial charge on any atom is -0.479 e. The number of rotatable bonds is 17. The molecule has 0 aliphatic heterocycles. The molecule has 216 valence electrons. The van der Waals surface area contributed by atoms with Crippen molar-refractivity contribution in [2.24, 2.45) is 11.8 Å². The molecule has 0 saturated heterocycles. The van der Waals surface area contributed by atoms with E-state index in [0.717, 1.165) is 0 Å². The summed E-state index contributed by atoms with van der Waals surface area (Å²) in [5, 5.41) is 19.9. The highest BCUT2D eigenvalue weighted by Gasteiger charge is 2.39. The van der Waals surface area contributed by atoms with E-state index < -0.39 is 61.2 Å². The van der Waals surface area contributed by atoms with Gasteiger partial charge in [-0.1, -0.05) is 58.0 Å². The summed E-state index contributed by atoms with van der Waals surface area (Å²) in [6.07, 6.45) is -0.986. The molecule has 0 aromatic heterocycles. The first-order chi connectivity index (χ1) is 18.4. The van der Waals surface area contributed by atoms with Crippen LogP contribution in [0.15, 0.2) is 30.3 Å². The number of imide groups is 1. The highest BCUT2D eigenvalue weighted by Crippen LogP contribution is 2.06. The van der Waals surface area contributed by atoms with Crippen molar-refractivity contribution in [2.45, 2.75) is 40.3 Å². The second-order valence-corrected chi connectivity index (χ2v) is 9.61. The standard InChI is InChI=1S/C26H39N5O8/c1-17(2)10-27-13-21(33)29-15-23(35)31(22(34)14-28-11-18(3)4)24(25(36)37)20(32)12-30-26(38)39-16-19-8-6-5-7-9-19/h5-9,17-18,24,27-28H,10-16H2,1-4H3,(H,29,33)(H,30,38)(H,36,37). The van der Waals surface area contributed by atoms with Crippen LogP contribution in [0.1, 0.15) is 33.3 Å². The number of benzene rings is 1. The van der Waals surface area contributed by atoms with Gasteiger partial charge >= 0.3 is 12.1 Å². The average molecular weight is 550 g/mol. The second kappa shape index (κ2) is 17.6. The van der Waals surface area contributed by atoms with Crippen LogP contribution in [0.2, 0.25) is 0 Å². The van der Waals surface area contributed by atoms with Gasteiger partial charge in [-0.25, -0.2) is 9.59 Å². The molecule has 4 amide bonds. The number of hydrogen-bond acceptors (Lipinski definition) is 9. The van der Waals surface area contributed by atoms with Crippen LogP contribution in [0, 0.1) is 11.8 Å². The Hall–Kier alpha value is -3.84. The smallest absolute Gasteiger partial charge is 0.407 e. The first-order valence-electron chi connectivity index (χ1n) is 12.6. The Morgan fingerprint density at radius 1 is 0.795 bits per heavy atom. The van der Waals surface area contributed by atoms with E-state index in [1.807, 2.05) is 27.7 Å². The maximum Gasteiger partial charge on any atom is 0.407 e. The number of ketones is 1. The number of nitrogens with zero attached hydrogens (tertiary/aromatic N) is 1. The molecular weight excluding hydrogens is 510 g/mol. The van der Waals surface area contributed by atoms with Crippen LogP contribution in [0.3, 0.4) is 0 Å². The van der Waals surface area contributed by atoms with Crippen LogP contribution >= 0.6 is 0 Å². The zero-order valence-corrected chi connectivity index (χ0v) is 22.8. The first kappa shape index (κ1) is 33.2. The largest absolute Gasteiger partial charge is 0.479 e. The predicted molar refractivity (Wildman–Crippen MR) is 141 cm³/mol. The number of carboxylic acid groups (broad SMARTS) is 1. The van der Waals surface area contributed by atoms with E-state index in [2.05, 4.69) is 21.3 Å². The molecule has 0 spiro atoms. The fourth-order valence-corrected chi connectivity index (χ4v) is 3.20. The van der Waals surface area contributed by atoms with Gasteiger partial charge in [-0.3, -0.25) is 24.1 Å². The summed E-state index contributed by atoms with van der Waals surface area (Å²) in [5.74, 6) is -5.06. The van der Waals surface area contributed by atoms with Gasteiger partial charge in [-0.05, 0) is 30.5 Å². The number of hydrogen-bond donors (Lipinski definition) is 5. The predicted octanol–water partition coefficient (Wildman–Crippen LogP) is -0.102. The molecule has 0 radical (unpaired) electrons. The number of alkyl carbamates (subject to hydrolysis) is 1. The number of Topliss-reactive ketones (excluding diaryl/α,β-unsaturated/α-hetero) is 1. The minimum absolute atomic E-state index is 0.0838. The highest BCUT2D eigenvalue weighted by molar-refractivity contribution is 6.12. The fraction of sp³-hybridized carbons (Fsp3) is 0.538. The van der Waals surface area contributed by atoms with E-state index in [1.165, 1.54) is 0 Å². The molecule has 0 saturated carbocycles. The van der Waals surface area contributed by atoms with Crippen molar-refractivity contribution in [3.63, 3.8) is 0 Å². The molecule has 5 N–H and O–H groups in total. The van der Waals surface area contributed by atoms with Crippen LogP contribution < -0.4 is 21.3 Å². The zero-order valence-electron chi connectivity index (χ0n) is 22.8. The summed E-state index contributed by atoms with van der Waals surface area (Å²) in [7, 11) is 0. The van der Waals surface area contributed by atoms with Gasteiger partial charge in [0.25, 0.3) is 0 Å². The molecule has 1 rings (SSSR count). The second-order valence-electron chi connectivity index (χ2n) is 9.61. The van der Waals surface area contributed by atoms with Gasteiger partial charge in [0.2, 0.25) is 17.7 Å². The molecular formula is C26H39N5O8. The quantitative estimate of drug-likeness (QED) is 0.164. The van der Waals surface area contributed by atoms with Crippen LogP contribution in [0.5, 0.6) is 0 Å². The minimum atomic E-state index is -2.23. The maximum absolute atomic E-state index is 12.9. The number of ether oxygens (including phenoxy) is 1. The number of carbonyl (C=O) groups excluding carboxylic acids is 5. The summed E-state index contributed by atoms with van der Waals surface area (Å²) < 4.78 is 5.00. The Kier molecular flexibility index (Phi) is 15.0. The normalized spacial score (nSPS) is 11.5. The lowest BCUT2D eigenvalue weighted by Gasteiger charge is -2.27. The summed E-state index contributed by atoms with van der Waals surface area (Å²) in [6, 6.07) is 6.51. The van der Waals surface area contributed by atoms with Crippen molar-refractivity contribution < 1.29 is 38.6 Å². The summed E-state index contributed by atoms with van der Waals surface area (Å²) in [6.45, 7) is 6.51. The van der Waals surface area contributed by atoms with E-state index in [0.29, 0.717) is 23.6 Å². The van der Waals surface area contributed by atoms with E-state index in [-0.39, 0.29) is 25.0 Å². The monoisotopic (exact) mass is 549 g/mol. The van der Waals surface area contributed by atoms with E-state index in [1.54, 1.807) is 30.3 Å². The molecule has 0 aliphatic carbocycles. The lowest BCUT2D eigenvalue weighted by Crippen LogP contribution is -2.58. The van der Waals surface area contributed by atoms with Crippen LogP contribution in [-0.4, -0.2) is 90.9 Å². The first-order valence-corrected chi connectivity index (χ1v) is 12.6. The van der Waals surface area contributed by atoms with Crippen molar-refractivity contribution in [3.8, 4) is 0 Å². The van der Waals surface area contributed by atoms with Crippen molar-refractivity contribution >= 4 is 35.6 Å². The van der Waals surface area contributed by atoms with Gasteiger partial charge in [-0.2, -0.15) is 0 Å². The summed E-state index contributed by atoms with van der Waals surface area (Å²) >= 11 is 0. The Morgan fingerprint density at radius 2 is 1.36 bits per heavy atom. The van der Waals surface area contributed by atoms with Crippen molar-refractivity contribution in [3.05, 3.63) is 35.9 Å². The van der Waals surface area contributed by atoms with Crippen LogP contribution in [0.4, 0.5) is 4.79 Å². The molecule has 1 atom stereocenters. The fourth-order valence-electron chi connectivity index (χ4n) is 3.20. The van der Waals surface area contributed by atoms with Crippen molar-refractivity contribution in [1.82, 2.24) is 26.2 Å². The number of nitrogens with one attached hydrogen (secondary N) is 4. The van der Waals surface area contributed by atoms with Crippen LogP contribution in [-0.2, 0) is 35.3 Å². The van der Waals surface area contributed by atoms with Gasteiger partial charge in [0, 0.05) is 0 Å². The number of amides is 4. The molecule has 0 bridgehead atoms. The molecule has 13 heteroatoms. The van der Waals surface area contributed by atoms with E-state index in [4.69, 9.17) is 4.74 Å². The van der Waals surface area contributed by atoms with Crippen molar-refractivity contribution in [2.75, 3.05) is 39.3 Å². The number of carboxylic acids is 1. The molecule has 1 unspecified atom stereocenters. The molecule has 0 heterocycles. The molecule has 13 nitrogen and oxygen atoms in total. The van der Waals surface area contributed by atoms with Gasteiger partial charge < -0.3 is 31.1 Å². The Morgan fingerprint density at radius 3 is 1.92 bits per heavy atom. The topological polar surface area (TPSA) is 183 Å². The van der Waals surface area contributed by atoms with Gasteiger partial charge in [0.15, 0.2) is 11.8 Å². The van der Waals surface area contributed by atoms with Crippen molar-refractivity contribution in [1.29, 1.82) is 0 Å². The third kappa shape index (κ3) is 13.5. The molecule has 39 heavy (non-hydrogen) atoms. The summed E-state index contributed by atoms with van der Waals surface area (Å²) in [5.41, 5.74) is 0.695. The highest BCUT2D eigenvalue weighted by atomic mass is 16.5. The average Bonchev–Trinajstić information content (AvgIpc) is 2.87. The Balaban J connectivity index is 2.89. The van der Waals surface area contributed by atoms with Crippen LogP contribution in [0.25, 0.3) is 0 Å². The lowest BCUT2D eigenvalue weighted by molar-refractivity contribution is -0.161. The Bertz CT molecular complexity index is 984. The molecule has 0 aliphatic rings. The number of aliphatic carboxylic acids is 1. The van der Waals surface area contributed by atoms with Gasteiger partial charge in [0.05, 0.1) is 26.2 Å².